The van der Waals surface area contributed by atoms with Crippen LogP contribution in [0.5, 0.6) is 0 Å². The van der Waals surface area contributed by atoms with Crippen LogP contribution in [0.4, 0.5) is 15.8 Å². The summed E-state index contributed by atoms with van der Waals surface area (Å²) in [6.07, 6.45) is 0. The number of nitrogens with zero attached hydrogens (tertiary/aromatic N) is 3. The van der Waals surface area contributed by atoms with Crippen LogP contribution in [0.25, 0.3) is 5.69 Å². The van der Waals surface area contributed by atoms with Crippen molar-refractivity contribution in [2.24, 2.45) is 0 Å². The van der Waals surface area contributed by atoms with E-state index < -0.39 is 0 Å². The molecule has 9 heteroatoms. The molecule has 0 fully saturated rings. The Bertz CT molecular complexity index is 1320. The molecule has 0 aliphatic heterocycles. The van der Waals surface area contributed by atoms with Crippen molar-refractivity contribution in [2.75, 3.05) is 16.4 Å². The number of aryl methyl sites for hydroxylation is 1. The number of amides is 1. The fourth-order valence-corrected chi connectivity index (χ4v) is 4.10. The van der Waals surface area contributed by atoms with E-state index in [4.69, 9.17) is 0 Å². The zero-order valence-corrected chi connectivity index (χ0v) is 20.1. The summed E-state index contributed by atoms with van der Waals surface area (Å²) in [5.74, 6) is 0.253. The van der Waals surface area contributed by atoms with Crippen molar-refractivity contribution >= 4 is 34.8 Å². The number of carbonyl (C=O) groups is 2. The molecule has 4 rings (SSSR count). The lowest BCUT2D eigenvalue weighted by molar-refractivity contribution is -0.113. The number of ketones is 1. The molecule has 0 spiro atoms. The van der Waals surface area contributed by atoms with Gasteiger partial charge in [0.05, 0.1) is 12.3 Å². The van der Waals surface area contributed by atoms with Crippen LogP contribution in [0.15, 0.2) is 78.0 Å². The van der Waals surface area contributed by atoms with Gasteiger partial charge in [-0.15, -0.1) is 10.2 Å². The molecular weight excluding hydrogens is 465 g/mol. The van der Waals surface area contributed by atoms with Crippen LogP contribution in [0.3, 0.4) is 0 Å². The van der Waals surface area contributed by atoms with Gasteiger partial charge in [-0.1, -0.05) is 29.5 Å². The standard InChI is InChI=1S/C26H24FN5O2S/c1-17-3-13-23(14-4-17)32-24(15-28-21-11-7-20(27)8-12-21)30-31-26(32)35-16-25(34)29-22-9-5-19(6-10-22)18(2)33/h3-14,28H,15-16H2,1-2H3,(H,29,34). The molecule has 0 saturated heterocycles. The molecule has 0 saturated carbocycles. The number of anilines is 2. The maximum Gasteiger partial charge on any atom is 0.234 e. The van der Waals surface area contributed by atoms with Gasteiger partial charge in [0, 0.05) is 22.6 Å². The summed E-state index contributed by atoms with van der Waals surface area (Å²) in [6, 6.07) is 20.8. The summed E-state index contributed by atoms with van der Waals surface area (Å²) in [6.45, 7) is 3.87. The van der Waals surface area contributed by atoms with Gasteiger partial charge in [-0.05, 0) is 74.5 Å². The van der Waals surface area contributed by atoms with Gasteiger partial charge < -0.3 is 10.6 Å². The number of benzene rings is 3. The quantitative estimate of drug-likeness (QED) is 0.246. The van der Waals surface area contributed by atoms with Crippen LogP contribution >= 0.6 is 11.8 Å². The first-order chi connectivity index (χ1) is 16.9. The van der Waals surface area contributed by atoms with Crippen LogP contribution < -0.4 is 10.6 Å². The Morgan fingerprint density at radius 2 is 1.57 bits per heavy atom. The number of hydrogen-bond donors (Lipinski definition) is 2. The van der Waals surface area contributed by atoms with E-state index in [1.807, 2.05) is 35.8 Å². The number of halogens is 1. The predicted octanol–water partition coefficient (Wildman–Crippen LogP) is 5.26. The number of aromatic nitrogens is 3. The number of thioether (sulfide) groups is 1. The number of hydrogen-bond acceptors (Lipinski definition) is 6. The molecule has 0 aliphatic rings. The molecule has 0 bridgehead atoms. The van der Waals surface area contributed by atoms with Gasteiger partial charge in [-0.25, -0.2) is 4.39 Å². The summed E-state index contributed by atoms with van der Waals surface area (Å²) in [4.78, 5) is 24.0. The third-order valence-electron chi connectivity index (χ3n) is 5.19. The van der Waals surface area contributed by atoms with Gasteiger partial charge in [-0.2, -0.15) is 0 Å². The Morgan fingerprint density at radius 1 is 0.914 bits per heavy atom. The van der Waals surface area contributed by atoms with Crippen molar-refractivity contribution in [3.05, 3.63) is 95.6 Å². The third kappa shape index (κ3) is 6.33. The summed E-state index contributed by atoms with van der Waals surface area (Å²) < 4.78 is 15.1. The highest BCUT2D eigenvalue weighted by Crippen LogP contribution is 2.24. The first-order valence-electron chi connectivity index (χ1n) is 10.9. The van der Waals surface area contributed by atoms with Crippen LogP contribution in [-0.2, 0) is 11.3 Å². The second-order valence-electron chi connectivity index (χ2n) is 7.90. The fourth-order valence-electron chi connectivity index (χ4n) is 3.33. The minimum atomic E-state index is -0.301. The second kappa shape index (κ2) is 11.0. The lowest BCUT2D eigenvalue weighted by atomic mass is 10.1. The number of rotatable bonds is 9. The minimum Gasteiger partial charge on any atom is -0.378 e. The van der Waals surface area contributed by atoms with Gasteiger partial charge >= 0.3 is 0 Å². The van der Waals surface area contributed by atoms with Crippen LogP contribution in [0, 0.1) is 12.7 Å². The highest BCUT2D eigenvalue weighted by Gasteiger charge is 2.16. The SMILES string of the molecule is CC(=O)c1ccc(NC(=O)CSc2nnc(CNc3ccc(F)cc3)n2-c2ccc(C)cc2)cc1. The number of carbonyl (C=O) groups excluding carboxylic acids is 2. The molecule has 1 amide bonds. The van der Waals surface area contributed by atoms with Crippen LogP contribution in [-0.4, -0.2) is 32.2 Å². The van der Waals surface area contributed by atoms with Crippen molar-refractivity contribution in [2.45, 2.75) is 25.5 Å². The maximum atomic E-state index is 13.2. The van der Waals surface area contributed by atoms with E-state index in [-0.39, 0.29) is 23.3 Å². The average molecular weight is 490 g/mol. The molecule has 0 radical (unpaired) electrons. The fraction of sp³-hybridized carbons (Fsp3) is 0.154. The molecule has 7 nitrogen and oxygen atoms in total. The van der Waals surface area contributed by atoms with Gasteiger partial charge in [0.1, 0.15) is 5.82 Å². The Kier molecular flexibility index (Phi) is 7.57. The predicted molar refractivity (Wildman–Crippen MR) is 136 cm³/mol. The molecule has 0 atom stereocenters. The summed E-state index contributed by atoms with van der Waals surface area (Å²) in [5, 5.41) is 15.3. The van der Waals surface area contributed by atoms with Gasteiger partial charge in [0.2, 0.25) is 5.91 Å². The Hall–Kier alpha value is -3.98. The molecule has 35 heavy (non-hydrogen) atoms. The van der Waals surface area contributed by atoms with E-state index in [0.29, 0.717) is 28.8 Å². The minimum absolute atomic E-state index is 0.0291. The average Bonchev–Trinajstić information content (AvgIpc) is 3.26. The monoisotopic (exact) mass is 489 g/mol. The van der Waals surface area contributed by atoms with Crippen LogP contribution in [0.2, 0.25) is 0 Å². The van der Waals surface area contributed by atoms with Gasteiger partial charge in [-0.3, -0.25) is 14.2 Å². The molecule has 178 valence electrons. The molecular formula is C26H24FN5O2S. The summed E-state index contributed by atoms with van der Waals surface area (Å²) >= 11 is 1.27. The van der Waals surface area contributed by atoms with Crippen LogP contribution in [0.1, 0.15) is 28.7 Å². The van der Waals surface area contributed by atoms with E-state index in [0.717, 1.165) is 16.9 Å². The third-order valence-corrected chi connectivity index (χ3v) is 6.12. The van der Waals surface area contributed by atoms with Crippen molar-refractivity contribution < 1.29 is 14.0 Å². The lowest BCUT2D eigenvalue weighted by Crippen LogP contribution is -2.15. The van der Waals surface area contributed by atoms with Crippen molar-refractivity contribution in [1.29, 1.82) is 0 Å². The van der Waals surface area contributed by atoms with E-state index in [1.54, 1.807) is 36.4 Å². The van der Waals surface area contributed by atoms with E-state index in [9.17, 15) is 14.0 Å². The lowest BCUT2D eigenvalue weighted by Gasteiger charge is -2.12. The molecule has 0 unspecified atom stereocenters. The first kappa shape index (κ1) is 24.2. The molecule has 0 aliphatic carbocycles. The van der Waals surface area contributed by atoms with Crippen molar-refractivity contribution in [3.8, 4) is 5.69 Å². The number of Topliss-reactive ketones (excluding diaryl/α,β-unsaturated/α-hetero) is 1. The highest BCUT2D eigenvalue weighted by atomic mass is 32.2. The molecule has 1 heterocycles. The summed E-state index contributed by atoms with van der Waals surface area (Å²) in [5.41, 5.74) is 3.96. The van der Waals surface area contributed by atoms with E-state index in [1.165, 1.54) is 30.8 Å². The van der Waals surface area contributed by atoms with Gasteiger partial charge in [0.25, 0.3) is 0 Å². The maximum absolute atomic E-state index is 13.2. The zero-order chi connectivity index (χ0) is 24.8. The van der Waals surface area contributed by atoms with Crippen molar-refractivity contribution in [3.63, 3.8) is 0 Å². The highest BCUT2D eigenvalue weighted by molar-refractivity contribution is 7.99. The topological polar surface area (TPSA) is 88.9 Å². The Labute approximate surface area is 206 Å². The molecule has 3 aromatic carbocycles. The van der Waals surface area contributed by atoms with Crippen molar-refractivity contribution in [1.82, 2.24) is 14.8 Å². The Morgan fingerprint density at radius 3 is 2.23 bits per heavy atom. The second-order valence-corrected chi connectivity index (χ2v) is 8.84. The summed E-state index contributed by atoms with van der Waals surface area (Å²) in [7, 11) is 0. The molecule has 1 aromatic heterocycles. The molecule has 2 N–H and O–H groups in total. The smallest absolute Gasteiger partial charge is 0.234 e. The largest absolute Gasteiger partial charge is 0.378 e. The van der Waals surface area contributed by atoms with Gasteiger partial charge in [0.15, 0.2) is 16.8 Å². The van der Waals surface area contributed by atoms with E-state index >= 15 is 0 Å². The normalized spacial score (nSPS) is 10.7. The first-order valence-corrected chi connectivity index (χ1v) is 11.9. The van der Waals surface area contributed by atoms with E-state index in [2.05, 4.69) is 20.8 Å². The zero-order valence-electron chi connectivity index (χ0n) is 19.3. The molecule has 4 aromatic rings. The Balaban J connectivity index is 1.48. The number of nitrogens with one attached hydrogen (secondary N) is 2.